The molecule has 8 heteroatoms. The fourth-order valence-corrected chi connectivity index (χ4v) is 4.33. The Balaban J connectivity index is 0.00000300. The van der Waals surface area contributed by atoms with Crippen LogP contribution in [0, 0.1) is 0 Å². The van der Waals surface area contributed by atoms with E-state index in [1.165, 1.54) is 10.7 Å². The van der Waals surface area contributed by atoms with Crippen molar-refractivity contribution in [2.24, 2.45) is 4.99 Å². The SMILES string of the molecule is CN(C)S(=O)(=O)c1ccccc1CN=C(Nc1ccccc1)N1CCCCC1.I. The summed E-state index contributed by atoms with van der Waals surface area (Å²) in [5, 5.41) is 3.42. The van der Waals surface area contributed by atoms with Crippen molar-refractivity contribution < 1.29 is 8.42 Å². The molecule has 1 N–H and O–H groups in total. The number of guanidine groups is 1. The summed E-state index contributed by atoms with van der Waals surface area (Å²) in [6.45, 7) is 2.21. The molecule has 0 saturated carbocycles. The molecule has 0 unspecified atom stereocenters. The fraction of sp³-hybridized carbons (Fsp3) is 0.381. The standard InChI is InChI=1S/C21H28N4O2S.HI/c1-24(2)28(26,27)20-14-8-7-11-18(20)17-22-21(25-15-9-4-10-16-25)23-19-12-5-3-6-13-19;/h3,5-8,11-14H,4,9-10,15-17H2,1-2H3,(H,22,23);1H. The molecule has 1 aliphatic heterocycles. The molecule has 1 fully saturated rings. The summed E-state index contributed by atoms with van der Waals surface area (Å²) in [4.78, 5) is 7.35. The third-order valence-electron chi connectivity index (χ3n) is 4.82. The first kappa shape index (κ1) is 23.6. The number of likely N-dealkylation sites (tertiary alicyclic amines) is 1. The molecular weight excluding hydrogens is 499 g/mol. The second-order valence-corrected chi connectivity index (χ2v) is 9.19. The molecule has 2 aromatic rings. The molecular formula is C21H29IN4O2S. The number of anilines is 1. The van der Waals surface area contributed by atoms with Gasteiger partial charge in [-0.15, -0.1) is 24.0 Å². The van der Waals surface area contributed by atoms with Crippen LogP contribution in [0.5, 0.6) is 0 Å². The van der Waals surface area contributed by atoms with Crippen molar-refractivity contribution in [1.82, 2.24) is 9.21 Å². The second kappa shape index (κ2) is 10.9. The van der Waals surface area contributed by atoms with Gasteiger partial charge in [-0.2, -0.15) is 0 Å². The van der Waals surface area contributed by atoms with E-state index in [0.717, 1.165) is 37.6 Å². The lowest BCUT2D eigenvalue weighted by Crippen LogP contribution is -2.40. The van der Waals surface area contributed by atoms with Gasteiger partial charge >= 0.3 is 0 Å². The Morgan fingerprint density at radius 2 is 1.62 bits per heavy atom. The Hall–Kier alpha value is -1.65. The highest BCUT2D eigenvalue weighted by Crippen LogP contribution is 2.20. The molecule has 0 aromatic heterocycles. The zero-order valence-corrected chi connectivity index (χ0v) is 20.1. The Labute approximate surface area is 191 Å². The predicted molar refractivity (Wildman–Crippen MR) is 129 cm³/mol. The summed E-state index contributed by atoms with van der Waals surface area (Å²) < 4.78 is 26.5. The number of nitrogens with one attached hydrogen (secondary N) is 1. The second-order valence-electron chi connectivity index (χ2n) is 7.07. The Morgan fingerprint density at radius 3 is 2.28 bits per heavy atom. The molecule has 0 aliphatic carbocycles. The lowest BCUT2D eigenvalue weighted by molar-refractivity contribution is 0.340. The monoisotopic (exact) mass is 528 g/mol. The topological polar surface area (TPSA) is 65.0 Å². The highest BCUT2D eigenvalue weighted by molar-refractivity contribution is 14.0. The maximum atomic E-state index is 12.6. The number of para-hydroxylation sites is 1. The zero-order valence-electron chi connectivity index (χ0n) is 16.9. The van der Waals surface area contributed by atoms with Gasteiger partial charge in [0.1, 0.15) is 0 Å². The third kappa shape index (κ3) is 6.16. The maximum absolute atomic E-state index is 12.6. The number of aliphatic imine (C=N–C) groups is 1. The smallest absolute Gasteiger partial charge is 0.242 e. The van der Waals surface area contributed by atoms with Gasteiger partial charge in [-0.05, 0) is 43.0 Å². The molecule has 29 heavy (non-hydrogen) atoms. The van der Waals surface area contributed by atoms with Gasteiger partial charge in [-0.25, -0.2) is 17.7 Å². The van der Waals surface area contributed by atoms with E-state index in [2.05, 4.69) is 10.2 Å². The highest BCUT2D eigenvalue weighted by Gasteiger charge is 2.21. The van der Waals surface area contributed by atoms with Crippen molar-refractivity contribution in [2.75, 3.05) is 32.5 Å². The van der Waals surface area contributed by atoms with E-state index in [9.17, 15) is 8.42 Å². The third-order valence-corrected chi connectivity index (χ3v) is 6.73. The number of benzene rings is 2. The Kier molecular flexibility index (Phi) is 8.91. The van der Waals surface area contributed by atoms with Crippen LogP contribution < -0.4 is 5.32 Å². The van der Waals surface area contributed by atoms with Crippen molar-refractivity contribution in [3.63, 3.8) is 0 Å². The van der Waals surface area contributed by atoms with E-state index in [1.54, 1.807) is 26.2 Å². The average Bonchev–Trinajstić information content (AvgIpc) is 2.72. The average molecular weight is 528 g/mol. The summed E-state index contributed by atoms with van der Waals surface area (Å²) in [5.74, 6) is 0.794. The molecule has 0 atom stereocenters. The van der Waals surface area contributed by atoms with E-state index in [0.29, 0.717) is 17.0 Å². The summed E-state index contributed by atoms with van der Waals surface area (Å²) in [5.41, 5.74) is 1.67. The number of piperidine rings is 1. The highest BCUT2D eigenvalue weighted by atomic mass is 127. The fourth-order valence-electron chi connectivity index (χ4n) is 3.22. The first-order valence-electron chi connectivity index (χ1n) is 9.60. The molecule has 0 spiro atoms. The first-order chi connectivity index (χ1) is 13.5. The Morgan fingerprint density at radius 1 is 1.00 bits per heavy atom. The van der Waals surface area contributed by atoms with Gasteiger partial charge in [-0.1, -0.05) is 36.4 Å². The van der Waals surface area contributed by atoms with Crippen LogP contribution in [-0.4, -0.2) is 50.8 Å². The van der Waals surface area contributed by atoms with Crippen LogP contribution >= 0.6 is 24.0 Å². The molecule has 0 radical (unpaired) electrons. The molecule has 1 heterocycles. The van der Waals surface area contributed by atoms with Crippen molar-refractivity contribution >= 4 is 45.6 Å². The number of hydrogen-bond acceptors (Lipinski definition) is 3. The molecule has 1 saturated heterocycles. The van der Waals surface area contributed by atoms with E-state index in [-0.39, 0.29) is 24.0 Å². The van der Waals surface area contributed by atoms with Gasteiger partial charge in [0.15, 0.2) is 5.96 Å². The van der Waals surface area contributed by atoms with E-state index in [1.807, 2.05) is 42.5 Å². The van der Waals surface area contributed by atoms with Crippen LogP contribution in [0.3, 0.4) is 0 Å². The molecule has 0 amide bonds. The first-order valence-corrected chi connectivity index (χ1v) is 11.0. The lowest BCUT2D eigenvalue weighted by atomic mass is 10.1. The van der Waals surface area contributed by atoms with Gasteiger partial charge in [0.25, 0.3) is 0 Å². The number of rotatable bonds is 5. The van der Waals surface area contributed by atoms with Crippen molar-refractivity contribution in [2.45, 2.75) is 30.7 Å². The van der Waals surface area contributed by atoms with Crippen molar-refractivity contribution in [1.29, 1.82) is 0 Å². The molecule has 3 rings (SSSR count). The summed E-state index contributed by atoms with van der Waals surface area (Å²) in [6, 6.07) is 17.0. The minimum Gasteiger partial charge on any atom is -0.343 e. The molecule has 1 aliphatic rings. The van der Waals surface area contributed by atoms with Crippen LogP contribution in [0.15, 0.2) is 64.5 Å². The molecule has 6 nitrogen and oxygen atoms in total. The number of hydrogen-bond donors (Lipinski definition) is 1. The van der Waals surface area contributed by atoms with Crippen LogP contribution in [0.4, 0.5) is 5.69 Å². The number of sulfonamides is 1. The summed E-state index contributed by atoms with van der Waals surface area (Å²) >= 11 is 0. The maximum Gasteiger partial charge on any atom is 0.242 e. The van der Waals surface area contributed by atoms with Gasteiger partial charge in [0.2, 0.25) is 10.0 Å². The normalized spacial score (nSPS) is 15.1. The minimum absolute atomic E-state index is 0. The van der Waals surface area contributed by atoms with Crippen LogP contribution in [0.1, 0.15) is 24.8 Å². The molecule has 0 bridgehead atoms. The van der Waals surface area contributed by atoms with Crippen molar-refractivity contribution in [3.8, 4) is 0 Å². The lowest BCUT2D eigenvalue weighted by Gasteiger charge is -2.30. The largest absolute Gasteiger partial charge is 0.343 e. The zero-order chi connectivity index (χ0) is 20.0. The van der Waals surface area contributed by atoms with E-state index in [4.69, 9.17) is 4.99 Å². The summed E-state index contributed by atoms with van der Waals surface area (Å²) in [7, 11) is -0.415. The Bertz CT molecular complexity index is 911. The van der Waals surface area contributed by atoms with Crippen molar-refractivity contribution in [3.05, 3.63) is 60.2 Å². The predicted octanol–water partition coefficient (Wildman–Crippen LogP) is 4.01. The minimum atomic E-state index is -3.51. The van der Waals surface area contributed by atoms with Crippen LogP contribution in [0.25, 0.3) is 0 Å². The van der Waals surface area contributed by atoms with Crippen LogP contribution in [-0.2, 0) is 16.6 Å². The van der Waals surface area contributed by atoms with Crippen LogP contribution in [0.2, 0.25) is 0 Å². The summed E-state index contributed by atoms with van der Waals surface area (Å²) in [6.07, 6.45) is 3.52. The van der Waals surface area contributed by atoms with E-state index >= 15 is 0 Å². The quantitative estimate of drug-likeness (QED) is 0.362. The van der Waals surface area contributed by atoms with Gasteiger partial charge in [-0.3, -0.25) is 0 Å². The van der Waals surface area contributed by atoms with Gasteiger partial charge in [0.05, 0.1) is 11.4 Å². The number of nitrogens with zero attached hydrogens (tertiary/aromatic N) is 3. The van der Waals surface area contributed by atoms with Gasteiger partial charge in [0, 0.05) is 32.9 Å². The molecule has 2 aromatic carbocycles. The van der Waals surface area contributed by atoms with E-state index < -0.39 is 10.0 Å². The van der Waals surface area contributed by atoms with Gasteiger partial charge < -0.3 is 10.2 Å². The number of halogens is 1. The molecule has 158 valence electrons.